The number of alkyl carbamates (subject to hydrolysis) is 1. The van der Waals surface area contributed by atoms with Crippen LogP contribution in [-0.2, 0) is 14.3 Å². The van der Waals surface area contributed by atoms with E-state index in [9.17, 15) is 19.5 Å². The van der Waals surface area contributed by atoms with Crippen LogP contribution in [0.2, 0.25) is 0 Å². The fourth-order valence-corrected chi connectivity index (χ4v) is 4.03. The minimum Gasteiger partial charge on any atom is -0.480 e. The third-order valence-electron chi connectivity index (χ3n) is 5.76. The Morgan fingerprint density at radius 3 is 1.97 bits per heavy atom. The van der Waals surface area contributed by atoms with Gasteiger partial charge in [-0.05, 0) is 34.1 Å². The summed E-state index contributed by atoms with van der Waals surface area (Å²) in [6.45, 7) is 7.06. The molecule has 0 radical (unpaired) electrons. The molecule has 0 heterocycles. The Morgan fingerprint density at radius 2 is 1.50 bits per heavy atom. The zero-order valence-electron chi connectivity index (χ0n) is 18.8. The van der Waals surface area contributed by atoms with Gasteiger partial charge in [0.05, 0.1) is 0 Å². The van der Waals surface area contributed by atoms with Crippen LogP contribution in [0.25, 0.3) is 11.1 Å². The van der Waals surface area contributed by atoms with Crippen LogP contribution in [0, 0.1) is 5.41 Å². The van der Waals surface area contributed by atoms with Crippen molar-refractivity contribution in [3.63, 3.8) is 0 Å². The van der Waals surface area contributed by atoms with E-state index in [0.717, 1.165) is 22.3 Å². The number of fused-ring (bicyclic) bond motifs is 3. The zero-order chi connectivity index (χ0) is 23.5. The molecule has 7 nitrogen and oxygen atoms in total. The van der Waals surface area contributed by atoms with Gasteiger partial charge in [-0.15, -0.1) is 0 Å². The number of nitrogens with one attached hydrogen (secondary N) is 2. The summed E-state index contributed by atoms with van der Waals surface area (Å²) in [7, 11) is 0. The number of benzene rings is 2. The summed E-state index contributed by atoms with van der Waals surface area (Å²) in [5.41, 5.74) is 3.78. The molecule has 2 unspecified atom stereocenters. The molecule has 2 amide bonds. The first-order valence-corrected chi connectivity index (χ1v) is 10.8. The van der Waals surface area contributed by atoms with Gasteiger partial charge in [-0.3, -0.25) is 4.79 Å². The smallest absolute Gasteiger partial charge is 0.407 e. The van der Waals surface area contributed by atoms with E-state index in [0.29, 0.717) is 6.42 Å². The third kappa shape index (κ3) is 4.93. The van der Waals surface area contributed by atoms with Gasteiger partial charge < -0.3 is 20.5 Å². The second-order valence-corrected chi connectivity index (χ2v) is 9.08. The van der Waals surface area contributed by atoms with Gasteiger partial charge in [0.1, 0.15) is 18.7 Å². The molecular weight excluding hydrogens is 408 g/mol. The van der Waals surface area contributed by atoms with Crippen molar-refractivity contribution in [3.8, 4) is 11.1 Å². The maximum Gasteiger partial charge on any atom is 0.407 e. The van der Waals surface area contributed by atoms with Gasteiger partial charge >= 0.3 is 12.1 Å². The molecule has 32 heavy (non-hydrogen) atoms. The van der Waals surface area contributed by atoms with Crippen molar-refractivity contribution in [3.05, 3.63) is 59.7 Å². The van der Waals surface area contributed by atoms with Crippen LogP contribution < -0.4 is 10.6 Å². The minimum absolute atomic E-state index is 0.0839. The summed E-state index contributed by atoms with van der Waals surface area (Å²) in [6.07, 6.45) is -0.413. The fraction of sp³-hybridized carbons (Fsp3) is 0.400. The van der Waals surface area contributed by atoms with E-state index in [1.807, 2.05) is 36.4 Å². The molecule has 0 spiro atoms. The summed E-state index contributed by atoms with van der Waals surface area (Å²) in [6, 6.07) is 14.1. The maximum absolute atomic E-state index is 12.6. The molecule has 2 aromatic rings. The van der Waals surface area contributed by atoms with Crippen molar-refractivity contribution < 1.29 is 24.2 Å². The molecule has 0 aliphatic heterocycles. The Labute approximate surface area is 188 Å². The van der Waals surface area contributed by atoms with Crippen LogP contribution in [0.1, 0.15) is 51.2 Å². The first kappa shape index (κ1) is 23.3. The van der Waals surface area contributed by atoms with Crippen LogP contribution in [-0.4, -0.2) is 41.8 Å². The lowest BCUT2D eigenvalue weighted by molar-refractivity contribution is -0.145. The quantitative estimate of drug-likeness (QED) is 0.608. The second-order valence-electron chi connectivity index (χ2n) is 9.08. The average Bonchev–Trinajstić information content (AvgIpc) is 3.07. The number of aliphatic carboxylic acids is 1. The summed E-state index contributed by atoms with van der Waals surface area (Å²) in [5.74, 6) is -1.76. The molecule has 170 valence electrons. The topological polar surface area (TPSA) is 105 Å². The molecule has 2 aromatic carbocycles. The highest BCUT2D eigenvalue weighted by molar-refractivity contribution is 5.89. The molecule has 3 rings (SSSR count). The standard InChI is InChI=1S/C25H30N2O5/c1-5-20(22(28)27-21(23(29)30)25(2,3)4)26-24(31)32-14-19-17-12-8-6-10-15(17)16-11-7-9-13-18(16)19/h6-13,19-21H,5,14H2,1-4H3,(H,26,31)(H,27,28)(H,29,30). The lowest BCUT2D eigenvalue weighted by Gasteiger charge is -2.29. The van der Waals surface area contributed by atoms with E-state index in [1.165, 1.54) is 0 Å². The number of hydrogen-bond donors (Lipinski definition) is 3. The van der Waals surface area contributed by atoms with Crippen LogP contribution in [0.15, 0.2) is 48.5 Å². The largest absolute Gasteiger partial charge is 0.480 e. The Bertz CT molecular complexity index is 966. The number of amides is 2. The van der Waals surface area contributed by atoms with Gasteiger partial charge in [-0.2, -0.15) is 0 Å². The van der Waals surface area contributed by atoms with E-state index >= 15 is 0 Å². The molecule has 1 aliphatic carbocycles. The van der Waals surface area contributed by atoms with Gasteiger partial charge in [0.25, 0.3) is 0 Å². The Balaban J connectivity index is 1.64. The van der Waals surface area contributed by atoms with Crippen LogP contribution >= 0.6 is 0 Å². The van der Waals surface area contributed by atoms with E-state index in [1.54, 1.807) is 27.7 Å². The van der Waals surface area contributed by atoms with Crippen molar-refractivity contribution in [2.75, 3.05) is 6.61 Å². The lowest BCUT2D eigenvalue weighted by atomic mass is 9.86. The van der Waals surface area contributed by atoms with Crippen LogP contribution in [0.4, 0.5) is 4.79 Å². The van der Waals surface area contributed by atoms with E-state index in [2.05, 4.69) is 22.8 Å². The molecule has 0 saturated heterocycles. The fourth-order valence-electron chi connectivity index (χ4n) is 4.03. The summed E-state index contributed by atoms with van der Waals surface area (Å²) in [4.78, 5) is 36.6. The molecule has 0 bridgehead atoms. The number of carbonyl (C=O) groups is 3. The van der Waals surface area contributed by atoms with E-state index < -0.39 is 35.5 Å². The normalized spacial score (nSPS) is 14.6. The molecule has 1 aliphatic rings. The van der Waals surface area contributed by atoms with Crippen molar-refractivity contribution in [1.82, 2.24) is 10.6 Å². The summed E-state index contributed by atoms with van der Waals surface area (Å²) >= 11 is 0. The SMILES string of the molecule is CCC(NC(=O)OCC1c2ccccc2-c2ccccc21)C(=O)NC(C(=O)O)C(C)(C)C. The number of carboxylic acids is 1. The van der Waals surface area contributed by atoms with Crippen molar-refractivity contribution in [1.29, 1.82) is 0 Å². The van der Waals surface area contributed by atoms with Crippen molar-refractivity contribution in [2.45, 2.75) is 52.1 Å². The molecule has 0 saturated carbocycles. The Kier molecular flexibility index (Phi) is 6.87. The molecule has 7 heteroatoms. The predicted molar refractivity (Wildman–Crippen MR) is 121 cm³/mol. The maximum atomic E-state index is 12.6. The van der Waals surface area contributed by atoms with Gasteiger partial charge in [0.15, 0.2) is 0 Å². The van der Waals surface area contributed by atoms with Crippen LogP contribution in [0.5, 0.6) is 0 Å². The number of ether oxygens (including phenoxy) is 1. The molecule has 2 atom stereocenters. The Hall–Kier alpha value is -3.35. The number of carboxylic acid groups (broad SMARTS) is 1. The van der Waals surface area contributed by atoms with Crippen molar-refractivity contribution in [2.24, 2.45) is 5.41 Å². The Morgan fingerprint density at radius 1 is 0.969 bits per heavy atom. The van der Waals surface area contributed by atoms with Crippen LogP contribution in [0.3, 0.4) is 0 Å². The van der Waals surface area contributed by atoms with Gasteiger partial charge in [0, 0.05) is 5.92 Å². The molecule has 3 N–H and O–H groups in total. The number of hydrogen-bond acceptors (Lipinski definition) is 4. The number of rotatable bonds is 7. The van der Waals surface area contributed by atoms with E-state index in [4.69, 9.17) is 4.74 Å². The second kappa shape index (κ2) is 9.42. The molecular formula is C25H30N2O5. The monoisotopic (exact) mass is 438 g/mol. The van der Waals surface area contributed by atoms with E-state index in [-0.39, 0.29) is 12.5 Å². The minimum atomic E-state index is -1.12. The molecule has 0 aromatic heterocycles. The van der Waals surface area contributed by atoms with Gasteiger partial charge in [0.2, 0.25) is 5.91 Å². The van der Waals surface area contributed by atoms with Crippen molar-refractivity contribution >= 4 is 18.0 Å². The third-order valence-corrected chi connectivity index (χ3v) is 5.76. The van der Waals surface area contributed by atoms with Gasteiger partial charge in [-0.25, -0.2) is 9.59 Å². The zero-order valence-corrected chi connectivity index (χ0v) is 18.8. The lowest BCUT2D eigenvalue weighted by Crippen LogP contribution is -2.55. The number of carbonyl (C=O) groups excluding carboxylic acids is 2. The highest BCUT2D eigenvalue weighted by Gasteiger charge is 2.35. The summed E-state index contributed by atoms with van der Waals surface area (Å²) in [5, 5.41) is 14.5. The highest BCUT2D eigenvalue weighted by Crippen LogP contribution is 2.44. The van der Waals surface area contributed by atoms with Gasteiger partial charge in [-0.1, -0.05) is 76.2 Å². The summed E-state index contributed by atoms with van der Waals surface area (Å²) < 4.78 is 5.50. The average molecular weight is 439 g/mol. The molecule has 0 fully saturated rings. The highest BCUT2D eigenvalue weighted by atomic mass is 16.5. The first-order chi connectivity index (χ1) is 15.1. The predicted octanol–water partition coefficient (Wildman–Crippen LogP) is 3.92. The first-order valence-electron chi connectivity index (χ1n) is 10.8.